The molecule has 1 fully saturated rings. The monoisotopic (exact) mass is 594 g/mol. The maximum absolute atomic E-state index is 13.1. The highest BCUT2D eigenvalue weighted by atomic mass is 16.7. The summed E-state index contributed by atoms with van der Waals surface area (Å²) in [7, 11) is -1.60. The maximum Gasteiger partial charge on any atom is 0.547 e. The van der Waals surface area contributed by atoms with Crippen LogP contribution < -0.4 is 15.3 Å². The molecule has 1 aromatic rings. The molecule has 0 bridgehead atoms. The highest BCUT2D eigenvalue weighted by Crippen LogP contribution is 2.31. The van der Waals surface area contributed by atoms with E-state index in [9.17, 15) is 39.5 Å². The summed E-state index contributed by atoms with van der Waals surface area (Å²) in [5, 5.41) is 47.0. The van der Waals surface area contributed by atoms with E-state index in [-0.39, 0.29) is 30.8 Å². The smallest absolute Gasteiger partial charge is 0.534 e. The van der Waals surface area contributed by atoms with Gasteiger partial charge in [0.2, 0.25) is 12.7 Å². The fraction of sp³-hybridized carbons (Fsp3) is 0.615. The van der Waals surface area contributed by atoms with Gasteiger partial charge >= 0.3 is 19.1 Å². The Bertz CT molecular complexity index is 1160. The molecular formula is C26H39BN4O11. The number of ether oxygens (including phenoxy) is 2. The van der Waals surface area contributed by atoms with Crippen molar-refractivity contribution in [2.45, 2.75) is 71.7 Å². The van der Waals surface area contributed by atoms with E-state index in [0.717, 1.165) is 4.90 Å². The zero-order valence-corrected chi connectivity index (χ0v) is 24.3. The average Bonchev–Trinajstić information content (AvgIpc) is 2.92. The van der Waals surface area contributed by atoms with Crippen LogP contribution in [0.3, 0.4) is 0 Å². The first-order valence-corrected chi connectivity index (χ1v) is 13.6. The molecule has 6 N–H and O–H groups in total. The van der Waals surface area contributed by atoms with Crippen molar-refractivity contribution in [1.29, 1.82) is 0 Å². The second-order valence-electron chi connectivity index (χ2n) is 11.1. The molecule has 2 aliphatic heterocycles. The molecule has 3 rings (SSSR count). The lowest BCUT2D eigenvalue weighted by Gasteiger charge is -2.41. The summed E-state index contributed by atoms with van der Waals surface area (Å²) < 4.78 is 15.6. The largest absolute Gasteiger partial charge is 0.547 e. The van der Waals surface area contributed by atoms with Crippen molar-refractivity contribution >= 4 is 30.9 Å². The SMILES string of the molecule is CCN1CCN(C(O)NC(C(=O)N[C@H]2Cc3cccc(C(=O)OCOC(=O)C(C)(C)C)c3OB2O)C(C)O)C(O)C1=O. The van der Waals surface area contributed by atoms with Gasteiger partial charge in [0.05, 0.1) is 17.5 Å². The van der Waals surface area contributed by atoms with E-state index in [1.165, 1.54) is 17.9 Å². The van der Waals surface area contributed by atoms with Crippen LogP contribution >= 0.6 is 0 Å². The number of rotatable bonds is 10. The summed E-state index contributed by atoms with van der Waals surface area (Å²) in [4.78, 5) is 52.4. The number of nitrogens with zero attached hydrogens (tertiary/aromatic N) is 2. The van der Waals surface area contributed by atoms with E-state index >= 15 is 0 Å². The van der Waals surface area contributed by atoms with Gasteiger partial charge in [0.1, 0.15) is 17.4 Å². The minimum Gasteiger partial charge on any atom is -0.534 e. The van der Waals surface area contributed by atoms with Gasteiger partial charge in [-0.1, -0.05) is 12.1 Å². The molecule has 4 unspecified atom stereocenters. The molecule has 2 heterocycles. The molecule has 0 aliphatic carbocycles. The topological polar surface area (TPSA) is 207 Å². The lowest BCUT2D eigenvalue weighted by molar-refractivity contribution is -0.180. The Kier molecular flexibility index (Phi) is 10.9. The number of carbonyl (C=O) groups is 4. The average molecular weight is 594 g/mol. The standard InChI is InChI=1S/C26H39BN4O11/c1-6-30-10-11-31(22(35)21(30)34)25(38)29-18(14(2)32)20(33)28-17-12-15-8-7-9-16(19(15)42-27(17)39)23(36)40-13-41-24(37)26(3,4)5/h7-9,14,17-18,22,25,29,32,35,38-39H,6,10-13H2,1-5H3,(H,28,33)/t14?,17-,18?,22?,25?/m0/s1. The summed E-state index contributed by atoms with van der Waals surface area (Å²) >= 11 is 0. The second-order valence-corrected chi connectivity index (χ2v) is 11.1. The first-order chi connectivity index (χ1) is 19.6. The van der Waals surface area contributed by atoms with E-state index in [4.69, 9.17) is 14.1 Å². The van der Waals surface area contributed by atoms with Gasteiger partial charge in [-0.2, -0.15) is 0 Å². The minimum atomic E-state index is -1.65. The Morgan fingerprint density at radius 3 is 2.50 bits per heavy atom. The van der Waals surface area contributed by atoms with Crippen molar-refractivity contribution in [1.82, 2.24) is 20.4 Å². The van der Waals surface area contributed by atoms with E-state index in [0.29, 0.717) is 12.1 Å². The third kappa shape index (κ3) is 7.76. The van der Waals surface area contributed by atoms with Crippen LogP contribution in [0.2, 0.25) is 0 Å². The van der Waals surface area contributed by atoms with Crippen LogP contribution in [0.5, 0.6) is 5.75 Å². The fourth-order valence-corrected chi connectivity index (χ4v) is 4.45. The molecule has 2 amide bonds. The molecule has 2 aliphatic rings. The van der Waals surface area contributed by atoms with E-state index < -0.39 is 73.7 Å². The number of carbonyl (C=O) groups excluding carboxylic acids is 4. The summed E-state index contributed by atoms with van der Waals surface area (Å²) in [6.07, 6.45) is -4.59. The van der Waals surface area contributed by atoms with Crippen molar-refractivity contribution < 1.29 is 53.6 Å². The zero-order chi connectivity index (χ0) is 31.4. The molecule has 0 aromatic heterocycles. The number of benzene rings is 1. The van der Waals surface area contributed by atoms with Crippen molar-refractivity contribution in [3.63, 3.8) is 0 Å². The van der Waals surface area contributed by atoms with Crippen molar-refractivity contribution in [3.05, 3.63) is 29.3 Å². The third-order valence-corrected chi connectivity index (χ3v) is 6.92. The Morgan fingerprint density at radius 2 is 1.88 bits per heavy atom. The zero-order valence-electron chi connectivity index (χ0n) is 24.3. The number of esters is 2. The first kappa shape index (κ1) is 33.2. The van der Waals surface area contributed by atoms with Crippen molar-refractivity contribution in [2.24, 2.45) is 5.41 Å². The Morgan fingerprint density at radius 1 is 1.19 bits per heavy atom. The number of likely N-dealkylation sites (N-methyl/N-ethyl adjacent to an activating group) is 1. The summed E-state index contributed by atoms with van der Waals surface area (Å²) in [6.45, 7) is 8.14. The predicted octanol–water partition coefficient (Wildman–Crippen LogP) is -2.07. The number of fused-ring (bicyclic) bond motifs is 1. The van der Waals surface area contributed by atoms with Crippen LogP contribution in [0.4, 0.5) is 0 Å². The van der Waals surface area contributed by atoms with E-state index in [1.54, 1.807) is 39.8 Å². The Balaban J connectivity index is 1.64. The van der Waals surface area contributed by atoms with Gasteiger partial charge in [-0.3, -0.25) is 19.7 Å². The van der Waals surface area contributed by atoms with Crippen LogP contribution in [0.15, 0.2) is 18.2 Å². The first-order valence-electron chi connectivity index (χ1n) is 13.6. The number of nitrogens with one attached hydrogen (secondary N) is 2. The molecule has 5 atom stereocenters. The molecule has 42 heavy (non-hydrogen) atoms. The van der Waals surface area contributed by atoms with Gasteiger partial charge in [-0.05, 0) is 52.7 Å². The normalized spacial score (nSPS) is 21.5. The molecule has 1 aromatic carbocycles. The number of hydrogen-bond acceptors (Lipinski definition) is 13. The van der Waals surface area contributed by atoms with Crippen LogP contribution in [-0.2, 0) is 30.3 Å². The number of piperazine rings is 1. The van der Waals surface area contributed by atoms with Gasteiger partial charge in [0.25, 0.3) is 5.91 Å². The minimum absolute atomic E-state index is 0.0222. The molecule has 1 saturated heterocycles. The summed E-state index contributed by atoms with van der Waals surface area (Å²) in [5.41, 5.74) is -0.342. The lowest BCUT2D eigenvalue weighted by atomic mass is 9.72. The van der Waals surface area contributed by atoms with E-state index in [1.807, 2.05) is 0 Å². The second kappa shape index (κ2) is 13.8. The summed E-state index contributed by atoms with van der Waals surface area (Å²) in [6, 6.07) is 3.18. The molecule has 0 radical (unpaired) electrons. The number of aliphatic hydroxyl groups excluding tert-OH is 3. The van der Waals surface area contributed by atoms with Crippen LogP contribution in [0.1, 0.15) is 50.5 Å². The van der Waals surface area contributed by atoms with Gasteiger partial charge in [0.15, 0.2) is 12.6 Å². The number of aliphatic hydroxyl groups is 3. The van der Waals surface area contributed by atoms with Crippen LogP contribution in [0, 0.1) is 5.41 Å². The lowest BCUT2D eigenvalue weighted by Crippen LogP contribution is -2.66. The third-order valence-electron chi connectivity index (χ3n) is 6.92. The molecule has 0 spiro atoms. The van der Waals surface area contributed by atoms with Crippen LogP contribution in [0.25, 0.3) is 0 Å². The molecule has 0 saturated carbocycles. The van der Waals surface area contributed by atoms with E-state index in [2.05, 4.69) is 10.6 Å². The van der Waals surface area contributed by atoms with Crippen molar-refractivity contribution in [2.75, 3.05) is 26.4 Å². The molecule has 15 nitrogen and oxygen atoms in total. The van der Waals surface area contributed by atoms with Gasteiger partial charge in [0, 0.05) is 19.6 Å². The van der Waals surface area contributed by atoms with Gasteiger partial charge in [-0.25, -0.2) is 9.69 Å². The van der Waals surface area contributed by atoms with Gasteiger partial charge in [-0.15, -0.1) is 0 Å². The molecule has 232 valence electrons. The maximum atomic E-state index is 13.1. The van der Waals surface area contributed by atoms with Crippen LogP contribution in [-0.4, -0.2) is 118 Å². The number of para-hydroxylation sites is 1. The highest BCUT2D eigenvalue weighted by molar-refractivity contribution is 6.47. The molecular weight excluding hydrogens is 555 g/mol. The quantitative estimate of drug-likeness (QED) is 0.0979. The summed E-state index contributed by atoms with van der Waals surface area (Å²) in [5.74, 6) is -3.78. The Hall–Kier alpha value is -3.28. The fourth-order valence-electron chi connectivity index (χ4n) is 4.45. The Labute approximate surface area is 243 Å². The predicted molar refractivity (Wildman–Crippen MR) is 146 cm³/mol. The van der Waals surface area contributed by atoms with Crippen molar-refractivity contribution in [3.8, 4) is 5.75 Å². The van der Waals surface area contributed by atoms with Gasteiger partial charge < -0.3 is 44.7 Å². The molecule has 16 heteroatoms. The number of amides is 2. The highest BCUT2D eigenvalue weighted by Gasteiger charge is 2.41. The number of hydrogen-bond donors (Lipinski definition) is 6.